The second-order valence-corrected chi connectivity index (χ2v) is 9.62. The summed E-state index contributed by atoms with van der Waals surface area (Å²) in [5, 5.41) is 2.94. The second-order valence-electron chi connectivity index (χ2n) is 7.39. The summed E-state index contributed by atoms with van der Waals surface area (Å²) in [6.07, 6.45) is 3.44. The molecule has 24 heavy (non-hydrogen) atoms. The van der Waals surface area contributed by atoms with Crippen molar-refractivity contribution in [2.75, 3.05) is 18.1 Å². The van der Waals surface area contributed by atoms with Crippen molar-refractivity contribution >= 4 is 21.7 Å². The Kier molecular flexibility index (Phi) is 6.28. The number of hydrogen-bond acceptors (Lipinski definition) is 4. The van der Waals surface area contributed by atoms with E-state index in [0.29, 0.717) is 25.8 Å². The van der Waals surface area contributed by atoms with Crippen LogP contribution >= 0.6 is 0 Å². The first-order chi connectivity index (χ1) is 11.2. The normalized spacial score (nSPS) is 29.4. The molecular weight excluding hydrogens is 328 g/mol. The number of nitrogens with zero attached hydrogens (tertiary/aromatic N) is 1. The molecule has 0 aromatic rings. The molecule has 2 fully saturated rings. The average molecular weight is 359 g/mol. The van der Waals surface area contributed by atoms with E-state index in [9.17, 15) is 18.0 Å². The summed E-state index contributed by atoms with van der Waals surface area (Å²) in [5.74, 6) is 0.365. The van der Waals surface area contributed by atoms with Gasteiger partial charge in [-0.15, -0.1) is 0 Å². The third-order valence-corrected chi connectivity index (χ3v) is 6.90. The molecule has 0 radical (unpaired) electrons. The van der Waals surface area contributed by atoms with Crippen LogP contribution in [0.2, 0.25) is 0 Å². The van der Waals surface area contributed by atoms with E-state index >= 15 is 0 Å². The molecule has 6 nitrogen and oxygen atoms in total. The molecule has 0 aromatic heterocycles. The first-order valence-corrected chi connectivity index (χ1v) is 10.9. The molecule has 1 saturated heterocycles. The van der Waals surface area contributed by atoms with Gasteiger partial charge in [-0.1, -0.05) is 0 Å². The Hall–Kier alpha value is -1.11. The van der Waals surface area contributed by atoms with Gasteiger partial charge >= 0.3 is 0 Å². The fraction of sp³-hybridized carbons (Fsp3) is 0.882. The Bertz CT molecular complexity index is 565. The Morgan fingerprint density at radius 2 is 1.67 bits per heavy atom. The van der Waals surface area contributed by atoms with E-state index in [-0.39, 0.29) is 47.2 Å². The lowest BCUT2D eigenvalue weighted by Crippen LogP contribution is -2.45. The van der Waals surface area contributed by atoms with Crippen molar-refractivity contribution in [1.82, 2.24) is 10.2 Å². The van der Waals surface area contributed by atoms with Gasteiger partial charge in [0.1, 0.15) is 0 Å². The SMILES string of the molecule is CCN(C(=O)C1CCC(C(=O)NC(C)C)CC1)C1CCS(=O)(=O)C1. The van der Waals surface area contributed by atoms with Crippen LogP contribution in [-0.2, 0) is 19.4 Å². The number of hydrogen-bond donors (Lipinski definition) is 1. The number of sulfone groups is 1. The second kappa shape index (κ2) is 7.85. The highest BCUT2D eigenvalue weighted by atomic mass is 32.2. The molecule has 1 unspecified atom stereocenters. The Labute approximate surface area is 145 Å². The van der Waals surface area contributed by atoms with E-state index in [1.54, 1.807) is 4.90 Å². The molecule has 0 bridgehead atoms. The molecule has 1 aliphatic carbocycles. The largest absolute Gasteiger partial charge is 0.354 e. The first-order valence-electron chi connectivity index (χ1n) is 9.04. The summed E-state index contributed by atoms with van der Waals surface area (Å²) in [5.41, 5.74) is 0. The van der Waals surface area contributed by atoms with Crippen LogP contribution in [0.4, 0.5) is 0 Å². The van der Waals surface area contributed by atoms with Gasteiger partial charge in [-0.25, -0.2) is 8.42 Å². The van der Waals surface area contributed by atoms with E-state index < -0.39 is 9.84 Å². The highest BCUT2D eigenvalue weighted by Crippen LogP contribution is 2.31. The van der Waals surface area contributed by atoms with Gasteiger partial charge in [-0.3, -0.25) is 9.59 Å². The smallest absolute Gasteiger partial charge is 0.225 e. The zero-order valence-corrected chi connectivity index (χ0v) is 15.8. The van der Waals surface area contributed by atoms with Crippen LogP contribution in [0.15, 0.2) is 0 Å². The van der Waals surface area contributed by atoms with Crippen LogP contribution in [-0.4, -0.2) is 55.3 Å². The number of amides is 2. The predicted octanol–water partition coefficient (Wildman–Crippen LogP) is 1.35. The zero-order chi connectivity index (χ0) is 17.9. The van der Waals surface area contributed by atoms with Crippen LogP contribution in [0.1, 0.15) is 52.9 Å². The van der Waals surface area contributed by atoms with Gasteiger partial charge < -0.3 is 10.2 Å². The minimum atomic E-state index is -2.99. The monoisotopic (exact) mass is 358 g/mol. The van der Waals surface area contributed by atoms with E-state index in [1.807, 2.05) is 20.8 Å². The zero-order valence-electron chi connectivity index (χ0n) is 15.0. The van der Waals surface area contributed by atoms with Crippen molar-refractivity contribution in [2.45, 2.75) is 65.0 Å². The Morgan fingerprint density at radius 3 is 2.12 bits per heavy atom. The van der Waals surface area contributed by atoms with E-state index in [0.717, 1.165) is 12.8 Å². The van der Waals surface area contributed by atoms with Crippen LogP contribution in [0, 0.1) is 11.8 Å². The van der Waals surface area contributed by atoms with Crippen molar-refractivity contribution in [3.05, 3.63) is 0 Å². The fourth-order valence-electron chi connectivity index (χ4n) is 3.85. The topological polar surface area (TPSA) is 83.6 Å². The molecule has 0 aromatic carbocycles. The lowest BCUT2D eigenvalue weighted by molar-refractivity contribution is -0.140. The molecule has 138 valence electrons. The van der Waals surface area contributed by atoms with Crippen LogP contribution < -0.4 is 5.32 Å². The molecule has 2 rings (SSSR count). The van der Waals surface area contributed by atoms with Crippen molar-refractivity contribution in [2.24, 2.45) is 11.8 Å². The molecule has 1 atom stereocenters. The number of nitrogens with one attached hydrogen (secondary N) is 1. The van der Waals surface area contributed by atoms with Crippen LogP contribution in [0.5, 0.6) is 0 Å². The van der Waals surface area contributed by atoms with Crippen molar-refractivity contribution < 1.29 is 18.0 Å². The molecule has 2 amide bonds. The minimum Gasteiger partial charge on any atom is -0.354 e. The molecule has 7 heteroatoms. The van der Waals surface area contributed by atoms with Crippen molar-refractivity contribution in [1.29, 1.82) is 0 Å². The summed E-state index contributed by atoms with van der Waals surface area (Å²) in [4.78, 5) is 26.6. The highest BCUT2D eigenvalue weighted by Gasteiger charge is 2.38. The molecule has 2 aliphatic rings. The third-order valence-electron chi connectivity index (χ3n) is 5.15. The minimum absolute atomic E-state index is 0.00150. The van der Waals surface area contributed by atoms with Crippen molar-refractivity contribution in [3.63, 3.8) is 0 Å². The lowest BCUT2D eigenvalue weighted by Gasteiger charge is -2.34. The fourth-order valence-corrected chi connectivity index (χ4v) is 5.59. The summed E-state index contributed by atoms with van der Waals surface area (Å²) in [7, 11) is -2.99. The summed E-state index contributed by atoms with van der Waals surface area (Å²) >= 11 is 0. The Balaban J connectivity index is 1.90. The summed E-state index contributed by atoms with van der Waals surface area (Å²) in [6.45, 7) is 6.35. The lowest BCUT2D eigenvalue weighted by atomic mass is 9.80. The van der Waals surface area contributed by atoms with E-state index in [1.165, 1.54) is 0 Å². The number of rotatable bonds is 5. The molecule has 1 N–H and O–H groups in total. The van der Waals surface area contributed by atoms with Crippen molar-refractivity contribution in [3.8, 4) is 0 Å². The van der Waals surface area contributed by atoms with E-state index in [2.05, 4.69) is 5.32 Å². The maximum absolute atomic E-state index is 12.8. The van der Waals surface area contributed by atoms with Crippen LogP contribution in [0.25, 0.3) is 0 Å². The van der Waals surface area contributed by atoms with Gasteiger partial charge in [0.25, 0.3) is 0 Å². The van der Waals surface area contributed by atoms with Gasteiger partial charge in [0, 0.05) is 30.5 Å². The van der Waals surface area contributed by atoms with Gasteiger partial charge in [0.05, 0.1) is 11.5 Å². The average Bonchev–Trinajstić information content (AvgIpc) is 2.87. The standard InChI is InChI=1S/C17H30N2O4S/c1-4-19(15-9-10-24(22,23)11-15)17(21)14-7-5-13(6-8-14)16(20)18-12(2)3/h12-15H,4-11H2,1-3H3,(H,18,20). The molecule has 1 saturated carbocycles. The quantitative estimate of drug-likeness (QED) is 0.804. The van der Waals surface area contributed by atoms with E-state index in [4.69, 9.17) is 0 Å². The first kappa shape index (κ1) is 19.2. The molecule has 0 spiro atoms. The molecule has 1 aliphatic heterocycles. The molecule has 1 heterocycles. The van der Waals surface area contributed by atoms with Gasteiger partial charge in [-0.2, -0.15) is 0 Å². The molecular formula is C17H30N2O4S. The maximum atomic E-state index is 12.8. The third kappa shape index (κ3) is 4.71. The number of carbonyl (C=O) groups excluding carboxylic acids is 2. The van der Waals surface area contributed by atoms with Gasteiger partial charge in [-0.05, 0) is 52.9 Å². The summed E-state index contributed by atoms with van der Waals surface area (Å²) in [6, 6.07) is -0.0359. The Morgan fingerprint density at radius 1 is 1.08 bits per heavy atom. The number of carbonyl (C=O) groups is 2. The van der Waals surface area contributed by atoms with Crippen LogP contribution in [0.3, 0.4) is 0 Å². The maximum Gasteiger partial charge on any atom is 0.225 e. The van der Waals surface area contributed by atoms with Gasteiger partial charge in [0.2, 0.25) is 11.8 Å². The van der Waals surface area contributed by atoms with Gasteiger partial charge in [0.15, 0.2) is 9.84 Å². The highest BCUT2D eigenvalue weighted by molar-refractivity contribution is 7.91. The predicted molar refractivity (Wildman–Crippen MR) is 93.2 cm³/mol. The summed E-state index contributed by atoms with van der Waals surface area (Å²) < 4.78 is 23.4.